The Balaban J connectivity index is 1.64. The predicted octanol–water partition coefficient (Wildman–Crippen LogP) is 1.44. The number of H-pyrrole nitrogens is 1. The summed E-state index contributed by atoms with van der Waals surface area (Å²) < 4.78 is 6.06. The average Bonchev–Trinajstić information content (AvgIpc) is 3.41. The van der Waals surface area contributed by atoms with Gasteiger partial charge in [0.1, 0.15) is 18.1 Å². The van der Waals surface area contributed by atoms with Crippen LogP contribution in [0.1, 0.15) is 18.4 Å². The van der Waals surface area contributed by atoms with Crippen molar-refractivity contribution in [3.05, 3.63) is 54.2 Å². The summed E-state index contributed by atoms with van der Waals surface area (Å²) in [5.74, 6) is 1.18. The molecule has 3 rings (SSSR count). The van der Waals surface area contributed by atoms with Gasteiger partial charge < -0.3 is 19.9 Å². The number of esters is 1. The molecule has 3 aromatic rings. The normalized spacial score (nSPS) is 11.4. The lowest BCUT2D eigenvalue weighted by atomic mass is 10.2. The van der Waals surface area contributed by atoms with Gasteiger partial charge in [0.15, 0.2) is 5.96 Å². The van der Waals surface area contributed by atoms with Crippen LogP contribution in [0.4, 0.5) is 0 Å². The van der Waals surface area contributed by atoms with Gasteiger partial charge in [-0.2, -0.15) is 0 Å². The number of guanidine groups is 1. The molecule has 0 spiro atoms. The van der Waals surface area contributed by atoms with Crippen LogP contribution in [0, 0.1) is 0 Å². The lowest BCUT2D eigenvalue weighted by Crippen LogP contribution is -2.38. The van der Waals surface area contributed by atoms with E-state index in [1.165, 1.54) is 11.8 Å². The molecule has 0 aliphatic heterocycles. The fraction of sp³-hybridized carbons (Fsp3) is 0.350. The van der Waals surface area contributed by atoms with E-state index in [1.807, 2.05) is 55.4 Å². The summed E-state index contributed by atoms with van der Waals surface area (Å²) in [7, 11) is 3.28. The number of imidazole rings is 1. The standard InChI is InChI=1S/C20H26N8O2/c1-4-21-20(23-10-16-12-28(26-25-16)14-19(29)30-3)27(2)13-18-22-11-17(24-18)15-8-6-5-7-9-15/h5-9,11-12H,4,10,13-14H2,1-3H3,(H,21,23)(H,22,24). The topological polar surface area (TPSA) is 113 Å². The minimum Gasteiger partial charge on any atom is -0.468 e. The third-order valence-corrected chi connectivity index (χ3v) is 4.29. The van der Waals surface area contributed by atoms with Gasteiger partial charge in [0.05, 0.1) is 38.3 Å². The molecule has 2 N–H and O–H groups in total. The molecule has 10 heteroatoms. The Labute approximate surface area is 175 Å². The maximum Gasteiger partial charge on any atom is 0.327 e. The predicted molar refractivity (Wildman–Crippen MR) is 112 cm³/mol. The van der Waals surface area contributed by atoms with E-state index in [0.717, 1.165) is 29.6 Å². The lowest BCUT2D eigenvalue weighted by Gasteiger charge is -2.20. The maximum absolute atomic E-state index is 11.3. The number of nitrogens with one attached hydrogen (secondary N) is 2. The molecule has 158 valence electrons. The molecule has 0 amide bonds. The Bertz CT molecular complexity index is 980. The van der Waals surface area contributed by atoms with Crippen LogP contribution in [-0.2, 0) is 29.2 Å². The summed E-state index contributed by atoms with van der Waals surface area (Å²) in [5, 5.41) is 11.2. The molecule has 0 unspecified atom stereocenters. The minimum atomic E-state index is -0.378. The van der Waals surface area contributed by atoms with Crippen LogP contribution < -0.4 is 5.32 Å². The zero-order valence-electron chi connectivity index (χ0n) is 17.4. The first-order valence-corrected chi connectivity index (χ1v) is 9.63. The third-order valence-electron chi connectivity index (χ3n) is 4.29. The van der Waals surface area contributed by atoms with Crippen molar-refractivity contribution >= 4 is 11.9 Å². The van der Waals surface area contributed by atoms with Crippen molar-refractivity contribution in [3.63, 3.8) is 0 Å². The number of aromatic amines is 1. The van der Waals surface area contributed by atoms with Crippen molar-refractivity contribution in [2.45, 2.75) is 26.6 Å². The van der Waals surface area contributed by atoms with Crippen LogP contribution >= 0.6 is 0 Å². The van der Waals surface area contributed by atoms with Gasteiger partial charge >= 0.3 is 5.97 Å². The van der Waals surface area contributed by atoms with Gasteiger partial charge in [-0.25, -0.2) is 14.7 Å². The third kappa shape index (κ3) is 5.66. The van der Waals surface area contributed by atoms with E-state index in [4.69, 9.17) is 0 Å². The summed E-state index contributed by atoms with van der Waals surface area (Å²) in [6.07, 6.45) is 3.52. The van der Waals surface area contributed by atoms with Crippen molar-refractivity contribution in [3.8, 4) is 11.3 Å². The summed E-state index contributed by atoms with van der Waals surface area (Å²) in [6.45, 7) is 3.66. The summed E-state index contributed by atoms with van der Waals surface area (Å²) in [6, 6.07) is 10.1. The van der Waals surface area contributed by atoms with E-state index in [-0.39, 0.29) is 12.5 Å². The quantitative estimate of drug-likeness (QED) is 0.328. The molecule has 0 aliphatic carbocycles. The molecule has 0 atom stereocenters. The number of rotatable bonds is 8. The van der Waals surface area contributed by atoms with Gasteiger partial charge in [-0.1, -0.05) is 35.5 Å². The van der Waals surface area contributed by atoms with Gasteiger partial charge in [-0.15, -0.1) is 5.10 Å². The summed E-state index contributed by atoms with van der Waals surface area (Å²) in [4.78, 5) is 25.8. The highest BCUT2D eigenvalue weighted by molar-refractivity contribution is 5.79. The molecular weight excluding hydrogens is 384 g/mol. The lowest BCUT2D eigenvalue weighted by molar-refractivity contribution is -0.141. The second kappa shape index (κ2) is 10.2. The molecule has 1 aromatic carbocycles. The SMILES string of the molecule is CCNC(=NCc1cn(CC(=O)OC)nn1)N(C)Cc1ncc(-c2ccccc2)[nH]1. The Hall–Kier alpha value is -3.69. The first kappa shape index (κ1) is 21.0. The Morgan fingerprint density at radius 3 is 2.87 bits per heavy atom. The second-order valence-electron chi connectivity index (χ2n) is 6.62. The molecule has 2 heterocycles. The summed E-state index contributed by atoms with van der Waals surface area (Å²) in [5.41, 5.74) is 2.73. The number of carbonyl (C=O) groups excluding carboxylic acids is 1. The van der Waals surface area contributed by atoms with Gasteiger partial charge in [-0.3, -0.25) is 4.79 Å². The van der Waals surface area contributed by atoms with Crippen LogP contribution in [0.25, 0.3) is 11.3 Å². The number of nitrogens with zero attached hydrogens (tertiary/aromatic N) is 6. The zero-order chi connectivity index (χ0) is 21.3. The summed E-state index contributed by atoms with van der Waals surface area (Å²) >= 11 is 0. The van der Waals surface area contributed by atoms with Gasteiger partial charge in [0, 0.05) is 13.6 Å². The van der Waals surface area contributed by atoms with Crippen molar-refractivity contribution in [2.24, 2.45) is 4.99 Å². The first-order valence-electron chi connectivity index (χ1n) is 9.63. The Kier molecular flexibility index (Phi) is 7.14. The van der Waals surface area contributed by atoms with Gasteiger partial charge in [-0.05, 0) is 12.5 Å². The number of hydrogen-bond acceptors (Lipinski definition) is 6. The molecule has 0 saturated heterocycles. The highest BCUT2D eigenvalue weighted by Crippen LogP contribution is 2.16. The van der Waals surface area contributed by atoms with Crippen molar-refractivity contribution in [1.29, 1.82) is 0 Å². The highest BCUT2D eigenvalue weighted by atomic mass is 16.5. The molecule has 2 aromatic heterocycles. The van der Waals surface area contributed by atoms with Crippen LogP contribution in [0.15, 0.2) is 47.7 Å². The zero-order valence-corrected chi connectivity index (χ0v) is 17.4. The number of aromatic nitrogens is 5. The largest absolute Gasteiger partial charge is 0.468 e. The van der Waals surface area contributed by atoms with Crippen molar-refractivity contribution < 1.29 is 9.53 Å². The van der Waals surface area contributed by atoms with E-state index in [0.29, 0.717) is 18.8 Å². The number of methoxy groups -OCH3 is 1. The minimum absolute atomic E-state index is 0.0232. The van der Waals surface area contributed by atoms with E-state index in [9.17, 15) is 4.79 Å². The van der Waals surface area contributed by atoms with Crippen LogP contribution in [0.5, 0.6) is 0 Å². The number of carbonyl (C=O) groups is 1. The molecule has 0 fully saturated rings. The van der Waals surface area contributed by atoms with Crippen LogP contribution in [0.3, 0.4) is 0 Å². The first-order chi connectivity index (χ1) is 14.6. The average molecular weight is 410 g/mol. The van der Waals surface area contributed by atoms with E-state index >= 15 is 0 Å². The van der Waals surface area contributed by atoms with Gasteiger partial charge in [0.25, 0.3) is 0 Å². The van der Waals surface area contributed by atoms with Crippen molar-refractivity contribution in [2.75, 3.05) is 20.7 Å². The number of aliphatic imine (C=N–C) groups is 1. The Morgan fingerprint density at radius 1 is 1.33 bits per heavy atom. The number of benzene rings is 1. The van der Waals surface area contributed by atoms with E-state index < -0.39 is 0 Å². The van der Waals surface area contributed by atoms with Crippen molar-refractivity contribution in [1.82, 2.24) is 35.2 Å². The smallest absolute Gasteiger partial charge is 0.327 e. The molecule has 30 heavy (non-hydrogen) atoms. The molecule has 0 radical (unpaired) electrons. The van der Waals surface area contributed by atoms with Crippen LogP contribution in [0.2, 0.25) is 0 Å². The highest BCUT2D eigenvalue weighted by Gasteiger charge is 2.11. The second-order valence-corrected chi connectivity index (χ2v) is 6.62. The fourth-order valence-corrected chi connectivity index (χ4v) is 2.82. The fourth-order valence-electron chi connectivity index (χ4n) is 2.82. The molecule has 0 aliphatic rings. The van der Waals surface area contributed by atoms with Crippen LogP contribution in [-0.4, -0.2) is 62.5 Å². The van der Waals surface area contributed by atoms with Gasteiger partial charge in [0.2, 0.25) is 0 Å². The van der Waals surface area contributed by atoms with E-state index in [1.54, 1.807) is 6.20 Å². The molecular formula is C20H26N8O2. The Morgan fingerprint density at radius 2 is 2.13 bits per heavy atom. The van der Waals surface area contributed by atoms with E-state index in [2.05, 4.69) is 35.3 Å². The molecule has 10 nitrogen and oxygen atoms in total. The monoisotopic (exact) mass is 410 g/mol. The maximum atomic E-state index is 11.3. The number of ether oxygens (including phenoxy) is 1. The molecule has 0 saturated carbocycles. The molecule has 0 bridgehead atoms. The number of hydrogen-bond donors (Lipinski definition) is 2.